The van der Waals surface area contributed by atoms with Crippen LogP contribution in [0.15, 0.2) is 17.5 Å². The normalized spacial score (nSPS) is 15.6. The Hall–Kier alpha value is -0.0100. The summed E-state index contributed by atoms with van der Waals surface area (Å²) in [5, 5.41) is 2.42. The summed E-state index contributed by atoms with van der Waals surface area (Å²) in [6.07, 6.45) is 3.49. The molecule has 0 N–H and O–H groups in total. The van der Waals surface area contributed by atoms with Gasteiger partial charge in [0.05, 0.1) is 0 Å². The molecule has 0 amide bonds. The van der Waals surface area contributed by atoms with Crippen molar-refractivity contribution in [3.05, 3.63) is 22.4 Å². The van der Waals surface area contributed by atoms with Crippen molar-refractivity contribution in [2.24, 2.45) is 5.92 Å². The molecule has 0 fully saturated rings. The SMILES string of the molecule is CCCC(C)C(Cl)Cc1cccs1. The topological polar surface area (TPSA) is 0 Å². The first-order valence-electron chi connectivity index (χ1n) is 4.90. The van der Waals surface area contributed by atoms with Crippen LogP contribution < -0.4 is 0 Å². The van der Waals surface area contributed by atoms with Gasteiger partial charge in [0.25, 0.3) is 0 Å². The molecule has 0 nitrogen and oxygen atoms in total. The minimum absolute atomic E-state index is 0.304. The van der Waals surface area contributed by atoms with Crippen LogP contribution in [0.2, 0.25) is 0 Å². The number of alkyl halides is 1. The number of hydrogen-bond donors (Lipinski definition) is 0. The zero-order valence-electron chi connectivity index (χ0n) is 8.29. The van der Waals surface area contributed by atoms with E-state index in [0.29, 0.717) is 11.3 Å². The van der Waals surface area contributed by atoms with Crippen molar-refractivity contribution in [3.8, 4) is 0 Å². The molecule has 0 aliphatic carbocycles. The second-order valence-corrected chi connectivity index (χ2v) is 5.16. The third-order valence-corrected chi connectivity index (χ3v) is 3.82. The first kappa shape index (κ1) is 11.1. The van der Waals surface area contributed by atoms with E-state index in [-0.39, 0.29) is 0 Å². The number of hydrogen-bond acceptors (Lipinski definition) is 1. The van der Waals surface area contributed by atoms with E-state index in [1.54, 1.807) is 11.3 Å². The molecule has 0 aliphatic heterocycles. The van der Waals surface area contributed by atoms with Gasteiger partial charge in [-0.25, -0.2) is 0 Å². The summed E-state index contributed by atoms with van der Waals surface area (Å²) in [4.78, 5) is 1.41. The minimum atomic E-state index is 0.304. The van der Waals surface area contributed by atoms with E-state index in [0.717, 1.165) is 6.42 Å². The van der Waals surface area contributed by atoms with Crippen LogP contribution in [0.4, 0.5) is 0 Å². The molecule has 0 aliphatic rings. The largest absolute Gasteiger partial charge is 0.149 e. The van der Waals surface area contributed by atoms with Crippen molar-refractivity contribution in [2.75, 3.05) is 0 Å². The minimum Gasteiger partial charge on any atom is -0.149 e. The standard InChI is InChI=1S/C11H17ClS/c1-3-5-9(2)11(12)8-10-6-4-7-13-10/h4,6-7,9,11H,3,5,8H2,1-2H3. The molecule has 0 saturated heterocycles. The zero-order chi connectivity index (χ0) is 9.68. The van der Waals surface area contributed by atoms with E-state index in [9.17, 15) is 0 Å². The smallest absolute Gasteiger partial charge is 0.0409 e. The molecule has 0 spiro atoms. The fourth-order valence-electron chi connectivity index (χ4n) is 1.46. The van der Waals surface area contributed by atoms with E-state index < -0.39 is 0 Å². The summed E-state index contributed by atoms with van der Waals surface area (Å²) in [6, 6.07) is 4.26. The summed E-state index contributed by atoms with van der Waals surface area (Å²) in [5.74, 6) is 0.633. The van der Waals surface area contributed by atoms with E-state index >= 15 is 0 Å². The Kier molecular flexibility index (Phi) is 4.82. The van der Waals surface area contributed by atoms with Crippen LogP contribution in [0.3, 0.4) is 0 Å². The lowest BCUT2D eigenvalue weighted by molar-refractivity contribution is 0.495. The van der Waals surface area contributed by atoms with Crippen molar-refractivity contribution in [2.45, 2.75) is 38.5 Å². The van der Waals surface area contributed by atoms with E-state index in [4.69, 9.17) is 11.6 Å². The second-order valence-electron chi connectivity index (χ2n) is 3.57. The molecular weight excluding hydrogens is 200 g/mol. The van der Waals surface area contributed by atoms with Crippen molar-refractivity contribution >= 4 is 22.9 Å². The van der Waals surface area contributed by atoms with Crippen LogP contribution in [0.25, 0.3) is 0 Å². The molecule has 1 rings (SSSR count). The second kappa shape index (κ2) is 5.66. The highest BCUT2D eigenvalue weighted by Crippen LogP contribution is 2.22. The lowest BCUT2D eigenvalue weighted by atomic mass is 9.99. The maximum absolute atomic E-state index is 6.31. The van der Waals surface area contributed by atoms with Crippen molar-refractivity contribution in [1.29, 1.82) is 0 Å². The highest BCUT2D eigenvalue weighted by Gasteiger charge is 2.14. The first-order valence-corrected chi connectivity index (χ1v) is 6.22. The van der Waals surface area contributed by atoms with Gasteiger partial charge in [0, 0.05) is 10.3 Å². The van der Waals surface area contributed by atoms with Crippen molar-refractivity contribution in [1.82, 2.24) is 0 Å². The maximum atomic E-state index is 6.31. The van der Waals surface area contributed by atoms with Gasteiger partial charge in [-0.2, -0.15) is 0 Å². The monoisotopic (exact) mass is 216 g/mol. The summed E-state index contributed by atoms with van der Waals surface area (Å²) in [5.41, 5.74) is 0. The van der Waals surface area contributed by atoms with E-state index in [1.807, 2.05) is 0 Å². The summed E-state index contributed by atoms with van der Waals surface area (Å²) < 4.78 is 0. The molecule has 1 aromatic rings. The van der Waals surface area contributed by atoms with Crippen LogP contribution in [0, 0.1) is 5.92 Å². The Morgan fingerprint density at radius 2 is 2.31 bits per heavy atom. The van der Waals surface area contributed by atoms with Gasteiger partial charge in [-0.3, -0.25) is 0 Å². The number of thiophene rings is 1. The van der Waals surface area contributed by atoms with Gasteiger partial charge in [0.1, 0.15) is 0 Å². The number of rotatable bonds is 5. The fraction of sp³-hybridized carbons (Fsp3) is 0.636. The molecule has 1 aromatic heterocycles. The Morgan fingerprint density at radius 1 is 1.54 bits per heavy atom. The average Bonchev–Trinajstić information content (AvgIpc) is 2.57. The predicted molar refractivity (Wildman–Crippen MR) is 61.7 cm³/mol. The highest BCUT2D eigenvalue weighted by molar-refractivity contribution is 7.09. The lowest BCUT2D eigenvalue weighted by Gasteiger charge is -2.16. The predicted octanol–water partition coefficient (Wildman–Crippen LogP) is 4.33. The Bertz CT molecular complexity index is 218. The molecule has 0 saturated carbocycles. The van der Waals surface area contributed by atoms with Crippen molar-refractivity contribution in [3.63, 3.8) is 0 Å². The van der Waals surface area contributed by atoms with Gasteiger partial charge in [-0.15, -0.1) is 22.9 Å². The summed E-state index contributed by atoms with van der Waals surface area (Å²) in [7, 11) is 0. The molecule has 0 radical (unpaired) electrons. The van der Waals surface area contributed by atoms with Gasteiger partial charge in [-0.05, 0) is 30.2 Å². The molecule has 2 heteroatoms. The van der Waals surface area contributed by atoms with Crippen LogP contribution in [0.1, 0.15) is 31.6 Å². The zero-order valence-corrected chi connectivity index (χ0v) is 9.87. The van der Waals surface area contributed by atoms with Crippen LogP contribution in [0.5, 0.6) is 0 Å². The quantitative estimate of drug-likeness (QED) is 0.643. The average molecular weight is 217 g/mol. The summed E-state index contributed by atoms with van der Waals surface area (Å²) in [6.45, 7) is 4.46. The highest BCUT2D eigenvalue weighted by atomic mass is 35.5. The van der Waals surface area contributed by atoms with Crippen LogP contribution in [-0.2, 0) is 6.42 Å². The molecule has 2 unspecified atom stereocenters. The first-order chi connectivity index (χ1) is 6.24. The third-order valence-electron chi connectivity index (χ3n) is 2.34. The molecule has 74 valence electrons. The van der Waals surface area contributed by atoms with Gasteiger partial charge < -0.3 is 0 Å². The molecule has 2 atom stereocenters. The van der Waals surface area contributed by atoms with E-state index in [1.165, 1.54) is 17.7 Å². The Morgan fingerprint density at radius 3 is 2.85 bits per heavy atom. The maximum Gasteiger partial charge on any atom is 0.0409 e. The Balaban J connectivity index is 2.36. The van der Waals surface area contributed by atoms with Gasteiger partial charge in [-0.1, -0.05) is 26.3 Å². The van der Waals surface area contributed by atoms with Crippen LogP contribution in [-0.4, -0.2) is 5.38 Å². The summed E-state index contributed by atoms with van der Waals surface area (Å²) >= 11 is 8.11. The lowest BCUT2D eigenvalue weighted by Crippen LogP contribution is -2.13. The van der Waals surface area contributed by atoms with Crippen molar-refractivity contribution < 1.29 is 0 Å². The fourth-order valence-corrected chi connectivity index (χ4v) is 2.61. The number of halogens is 1. The van der Waals surface area contributed by atoms with Gasteiger partial charge in [0.2, 0.25) is 0 Å². The third kappa shape index (κ3) is 3.70. The molecule has 0 aromatic carbocycles. The molecular formula is C11H17ClS. The van der Waals surface area contributed by atoms with Gasteiger partial charge >= 0.3 is 0 Å². The Labute approximate surface area is 89.9 Å². The molecule has 13 heavy (non-hydrogen) atoms. The molecule has 0 bridgehead atoms. The van der Waals surface area contributed by atoms with Crippen LogP contribution >= 0.6 is 22.9 Å². The van der Waals surface area contributed by atoms with E-state index in [2.05, 4.69) is 31.4 Å². The molecule has 1 heterocycles. The van der Waals surface area contributed by atoms with Gasteiger partial charge in [0.15, 0.2) is 0 Å².